The second kappa shape index (κ2) is 6.13. The number of fused-ring (bicyclic) bond motifs is 1. The third kappa shape index (κ3) is 2.69. The predicted molar refractivity (Wildman–Crippen MR) is 81.5 cm³/mol. The Balaban J connectivity index is 1.90. The lowest BCUT2D eigenvalue weighted by molar-refractivity contribution is 0.243. The second-order valence-corrected chi connectivity index (χ2v) is 6.25. The molecule has 0 amide bonds. The molecule has 2 fully saturated rings. The van der Waals surface area contributed by atoms with Crippen LogP contribution in [0.25, 0.3) is 0 Å². The van der Waals surface area contributed by atoms with E-state index in [1.807, 2.05) is 13.1 Å². The number of hydrogen-bond acceptors (Lipinski definition) is 2. The van der Waals surface area contributed by atoms with Crippen molar-refractivity contribution in [1.29, 1.82) is 0 Å². The number of anilines is 1. The van der Waals surface area contributed by atoms with Crippen molar-refractivity contribution in [3.05, 3.63) is 29.6 Å². The van der Waals surface area contributed by atoms with Crippen molar-refractivity contribution in [3.8, 4) is 0 Å². The summed E-state index contributed by atoms with van der Waals surface area (Å²) in [6.45, 7) is 1.87. The maximum absolute atomic E-state index is 13.5. The van der Waals surface area contributed by atoms with Crippen LogP contribution in [0.1, 0.15) is 44.1 Å². The maximum Gasteiger partial charge on any atom is 0.123 e. The first kappa shape index (κ1) is 13.9. The Kier molecular flexibility index (Phi) is 4.25. The zero-order valence-corrected chi connectivity index (χ0v) is 12.4. The van der Waals surface area contributed by atoms with Gasteiger partial charge in [0, 0.05) is 24.8 Å². The van der Waals surface area contributed by atoms with E-state index < -0.39 is 0 Å². The van der Waals surface area contributed by atoms with E-state index in [2.05, 4.69) is 10.2 Å². The molecule has 2 atom stereocenters. The number of rotatable bonds is 3. The number of benzene rings is 1. The molecule has 1 aliphatic carbocycles. The zero-order chi connectivity index (χ0) is 13.9. The Hall–Kier alpha value is -1.09. The minimum absolute atomic E-state index is 0.129. The molecule has 20 heavy (non-hydrogen) atoms. The smallest absolute Gasteiger partial charge is 0.123 e. The summed E-state index contributed by atoms with van der Waals surface area (Å²) in [7, 11) is 1.92. The van der Waals surface area contributed by atoms with E-state index in [1.165, 1.54) is 44.2 Å². The van der Waals surface area contributed by atoms with E-state index in [0.717, 1.165) is 24.6 Å². The molecule has 0 bridgehead atoms. The summed E-state index contributed by atoms with van der Waals surface area (Å²) in [6.07, 6.45) is 8.08. The number of hydrogen-bond donors (Lipinski definition) is 1. The molecule has 1 saturated heterocycles. The highest BCUT2D eigenvalue weighted by Gasteiger charge is 2.33. The molecule has 0 radical (unpaired) electrons. The van der Waals surface area contributed by atoms with Crippen LogP contribution in [0.4, 0.5) is 10.1 Å². The van der Waals surface area contributed by atoms with Crippen LogP contribution >= 0.6 is 0 Å². The standard InChI is InChI=1S/C17H25FN2/c1-19-12-14-11-15(18)8-9-17(14)20-10-4-6-13-5-2-3-7-16(13)20/h8-9,11,13,16,19H,2-7,10,12H2,1H3. The van der Waals surface area contributed by atoms with Crippen LogP contribution < -0.4 is 10.2 Å². The fraction of sp³-hybridized carbons (Fsp3) is 0.647. The number of piperidine rings is 1. The van der Waals surface area contributed by atoms with E-state index >= 15 is 0 Å². The van der Waals surface area contributed by atoms with Gasteiger partial charge in [0.25, 0.3) is 0 Å². The molecule has 2 aliphatic rings. The Bertz CT molecular complexity index is 458. The van der Waals surface area contributed by atoms with E-state index in [4.69, 9.17) is 0 Å². The molecule has 3 rings (SSSR count). The number of halogens is 1. The summed E-state index contributed by atoms with van der Waals surface area (Å²) in [5.41, 5.74) is 2.34. The van der Waals surface area contributed by atoms with Crippen molar-refractivity contribution in [3.63, 3.8) is 0 Å². The molecule has 110 valence electrons. The molecule has 0 aromatic heterocycles. The van der Waals surface area contributed by atoms with Crippen LogP contribution in [0.5, 0.6) is 0 Å². The van der Waals surface area contributed by atoms with E-state index in [1.54, 1.807) is 12.1 Å². The van der Waals surface area contributed by atoms with Gasteiger partial charge >= 0.3 is 0 Å². The van der Waals surface area contributed by atoms with Crippen molar-refractivity contribution in [1.82, 2.24) is 5.32 Å². The minimum Gasteiger partial charge on any atom is -0.368 e. The molecule has 1 aliphatic heterocycles. The van der Waals surface area contributed by atoms with E-state index in [0.29, 0.717) is 6.04 Å². The van der Waals surface area contributed by atoms with Gasteiger partial charge in [-0.2, -0.15) is 0 Å². The van der Waals surface area contributed by atoms with Gasteiger partial charge < -0.3 is 10.2 Å². The van der Waals surface area contributed by atoms with Gasteiger partial charge in [-0.1, -0.05) is 12.8 Å². The van der Waals surface area contributed by atoms with Gasteiger partial charge in [-0.3, -0.25) is 0 Å². The van der Waals surface area contributed by atoms with Crippen LogP contribution in [0.3, 0.4) is 0 Å². The molecular weight excluding hydrogens is 251 g/mol. The summed E-state index contributed by atoms with van der Waals surface area (Å²) in [5.74, 6) is 0.723. The first-order valence-corrected chi connectivity index (χ1v) is 7.99. The third-order valence-corrected chi connectivity index (χ3v) is 4.96. The van der Waals surface area contributed by atoms with Crippen LogP contribution in [0.2, 0.25) is 0 Å². The first-order valence-electron chi connectivity index (χ1n) is 7.99. The van der Waals surface area contributed by atoms with E-state index in [-0.39, 0.29) is 5.82 Å². The summed E-state index contributed by atoms with van der Waals surface area (Å²) in [4.78, 5) is 2.57. The molecule has 3 heteroatoms. The van der Waals surface area contributed by atoms with Gasteiger partial charge in [0.1, 0.15) is 5.82 Å². The van der Waals surface area contributed by atoms with Gasteiger partial charge in [0.2, 0.25) is 0 Å². The average molecular weight is 276 g/mol. The van der Waals surface area contributed by atoms with Crippen molar-refractivity contribution >= 4 is 5.69 Å². The molecule has 1 aromatic carbocycles. The van der Waals surface area contributed by atoms with Crippen LogP contribution in [-0.4, -0.2) is 19.6 Å². The highest BCUT2D eigenvalue weighted by Crippen LogP contribution is 2.38. The molecule has 1 saturated carbocycles. The van der Waals surface area contributed by atoms with Gasteiger partial charge in [-0.15, -0.1) is 0 Å². The molecular formula is C17H25FN2. The number of nitrogens with zero attached hydrogens (tertiary/aromatic N) is 1. The van der Waals surface area contributed by atoms with Gasteiger partial charge in [0.05, 0.1) is 0 Å². The van der Waals surface area contributed by atoms with Crippen LogP contribution in [0, 0.1) is 11.7 Å². The molecule has 2 unspecified atom stereocenters. The average Bonchev–Trinajstić information content (AvgIpc) is 2.47. The van der Waals surface area contributed by atoms with Gasteiger partial charge in [0.15, 0.2) is 0 Å². The maximum atomic E-state index is 13.5. The van der Waals surface area contributed by atoms with E-state index in [9.17, 15) is 4.39 Å². The molecule has 1 N–H and O–H groups in total. The lowest BCUT2D eigenvalue weighted by atomic mass is 9.78. The molecule has 1 aromatic rings. The summed E-state index contributed by atoms with van der Waals surface area (Å²) in [5, 5.41) is 3.17. The fourth-order valence-corrected chi connectivity index (χ4v) is 4.09. The highest BCUT2D eigenvalue weighted by atomic mass is 19.1. The number of nitrogens with one attached hydrogen (secondary N) is 1. The quantitative estimate of drug-likeness (QED) is 0.905. The topological polar surface area (TPSA) is 15.3 Å². The minimum atomic E-state index is -0.129. The lowest BCUT2D eigenvalue weighted by Gasteiger charge is -2.46. The van der Waals surface area contributed by atoms with Crippen molar-refractivity contribution in [2.24, 2.45) is 5.92 Å². The first-order chi connectivity index (χ1) is 9.79. The van der Waals surface area contributed by atoms with Gasteiger partial charge in [-0.05, 0) is 62.4 Å². The normalized spacial score (nSPS) is 26.4. The molecule has 1 heterocycles. The SMILES string of the molecule is CNCc1cc(F)ccc1N1CCCC2CCCCC21. The van der Waals surface area contributed by atoms with Crippen LogP contribution in [0.15, 0.2) is 18.2 Å². The summed E-state index contributed by atoms with van der Waals surface area (Å²) >= 11 is 0. The lowest BCUT2D eigenvalue weighted by Crippen LogP contribution is -2.47. The Morgan fingerprint density at radius 3 is 2.85 bits per heavy atom. The van der Waals surface area contributed by atoms with Crippen molar-refractivity contribution in [2.45, 2.75) is 51.1 Å². The predicted octanol–water partition coefficient (Wildman–Crippen LogP) is 3.70. The second-order valence-electron chi connectivity index (χ2n) is 6.25. The largest absolute Gasteiger partial charge is 0.368 e. The summed E-state index contributed by atoms with van der Waals surface area (Å²) < 4.78 is 13.5. The van der Waals surface area contributed by atoms with Crippen LogP contribution in [-0.2, 0) is 6.54 Å². The molecule has 2 nitrogen and oxygen atoms in total. The monoisotopic (exact) mass is 276 g/mol. The Labute approximate surface area is 121 Å². The Morgan fingerprint density at radius 2 is 2.00 bits per heavy atom. The van der Waals surface area contributed by atoms with Crippen molar-refractivity contribution in [2.75, 3.05) is 18.5 Å². The zero-order valence-electron chi connectivity index (χ0n) is 12.4. The van der Waals surface area contributed by atoms with Crippen molar-refractivity contribution < 1.29 is 4.39 Å². The highest BCUT2D eigenvalue weighted by molar-refractivity contribution is 5.55. The molecule has 0 spiro atoms. The van der Waals surface area contributed by atoms with Gasteiger partial charge in [-0.25, -0.2) is 4.39 Å². The fourth-order valence-electron chi connectivity index (χ4n) is 4.09. The summed E-state index contributed by atoms with van der Waals surface area (Å²) in [6, 6.07) is 5.97. The third-order valence-electron chi connectivity index (χ3n) is 4.96. The Morgan fingerprint density at radius 1 is 1.20 bits per heavy atom.